The molecular formula is C16H9N3O3S. The first-order valence-corrected chi connectivity index (χ1v) is 7.35. The standard InChI is InChI=1S/C16H9N3O3S/c17-9-11(16-18-12-3-1-2-4-15(12)23-16)7-10-5-6-14(20)13(8-10)19(21)22/h1-8,20H/b11-7+. The smallest absolute Gasteiger partial charge is 0.311 e. The molecule has 0 aliphatic heterocycles. The second-order valence-electron chi connectivity index (χ2n) is 4.66. The van der Waals surface area contributed by atoms with Crippen LogP contribution in [0.4, 0.5) is 5.69 Å². The Morgan fingerprint density at radius 2 is 2.13 bits per heavy atom. The number of hydrogen-bond acceptors (Lipinski definition) is 6. The molecule has 0 aliphatic rings. The largest absolute Gasteiger partial charge is 0.502 e. The summed E-state index contributed by atoms with van der Waals surface area (Å²) in [6.45, 7) is 0. The Hall–Kier alpha value is -3.24. The van der Waals surface area contributed by atoms with Gasteiger partial charge in [0.15, 0.2) is 5.75 Å². The van der Waals surface area contributed by atoms with Crippen molar-refractivity contribution in [1.29, 1.82) is 5.26 Å². The van der Waals surface area contributed by atoms with E-state index in [2.05, 4.69) is 11.1 Å². The molecular weight excluding hydrogens is 314 g/mol. The fourth-order valence-corrected chi connectivity index (χ4v) is 3.00. The van der Waals surface area contributed by atoms with Gasteiger partial charge >= 0.3 is 5.69 Å². The van der Waals surface area contributed by atoms with Gasteiger partial charge in [-0.1, -0.05) is 18.2 Å². The number of rotatable bonds is 3. The minimum absolute atomic E-state index is 0.311. The highest BCUT2D eigenvalue weighted by molar-refractivity contribution is 7.19. The average molecular weight is 323 g/mol. The first-order chi connectivity index (χ1) is 11.1. The molecule has 0 radical (unpaired) electrons. The lowest BCUT2D eigenvalue weighted by atomic mass is 10.1. The number of nitro benzene ring substituents is 1. The number of phenolic OH excluding ortho intramolecular Hbond substituents is 1. The van der Waals surface area contributed by atoms with E-state index in [9.17, 15) is 20.5 Å². The fraction of sp³-hybridized carbons (Fsp3) is 0. The van der Waals surface area contributed by atoms with Gasteiger partial charge in [-0.2, -0.15) is 5.26 Å². The molecule has 1 aromatic heterocycles. The second-order valence-corrected chi connectivity index (χ2v) is 5.69. The predicted octanol–water partition coefficient (Wildman–Crippen LogP) is 3.97. The van der Waals surface area contributed by atoms with Gasteiger partial charge in [0, 0.05) is 6.07 Å². The van der Waals surface area contributed by atoms with Crippen LogP contribution < -0.4 is 0 Å². The molecule has 112 valence electrons. The molecule has 0 fully saturated rings. The van der Waals surface area contributed by atoms with Crippen molar-refractivity contribution in [3.8, 4) is 11.8 Å². The number of allylic oxidation sites excluding steroid dienone is 1. The molecule has 3 aromatic rings. The van der Waals surface area contributed by atoms with Crippen molar-refractivity contribution in [2.24, 2.45) is 0 Å². The molecule has 23 heavy (non-hydrogen) atoms. The van der Waals surface area contributed by atoms with Gasteiger partial charge in [0.1, 0.15) is 11.1 Å². The summed E-state index contributed by atoms with van der Waals surface area (Å²) in [6.07, 6.45) is 1.52. The van der Waals surface area contributed by atoms with Gasteiger partial charge in [-0.15, -0.1) is 11.3 Å². The van der Waals surface area contributed by atoms with Crippen molar-refractivity contribution >= 4 is 38.9 Å². The Morgan fingerprint density at radius 3 is 2.83 bits per heavy atom. The highest BCUT2D eigenvalue weighted by Crippen LogP contribution is 2.30. The third-order valence-electron chi connectivity index (χ3n) is 3.15. The Morgan fingerprint density at radius 1 is 1.35 bits per heavy atom. The van der Waals surface area contributed by atoms with Crippen LogP contribution in [-0.2, 0) is 0 Å². The Balaban J connectivity index is 2.07. The van der Waals surface area contributed by atoms with Crippen LogP contribution in [0.2, 0.25) is 0 Å². The zero-order valence-corrected chi connectivity index (χ0v) is 12.4. The predicted molar refractivity (Wildman–Crippen MR) is 87.9 cm³/mol. The molecule has 0 aliphatic carbocycles. The first kappa shape index (κ1) is 14.7. The zero-order chi connectivity index (χ0) is 16.4. The van der Waals surface area contributed by atoms with E-state index in [1.807, 2.05) is 24.3 Å². The third kappa shape index (κ3) is 2.88. The summed E-state index contributed by atoms with van der Waals surface area (Å²) < 4.78 is 0.959. The lowest BCUT2D eigenvalue weighted by Gasteiger charge is -1.98. The van der Waals surface area contributed by atoms with Crippen LogP contribution in [-0.4, -0.2) is 15.0 Å². The van der Waals surface area contributed by atoms with E-state index in [-0.39, 0.29) is 0 Å². The van der Waals surface area contributed by atoms with Gasteiger partial charge in [0.25, 0.3) is 0 Å². The zero-order valence-electron chi connectivity index (χ0n) is 11.6. The van der Waals surface area contributed by atoms with Crippen molar-refractivity contribution in [3.05, 3.63) is 63.1 Å². The molecule has 0 atom stereocenters. The molecule has 0 amide bonds. The number of fused-ring (bicyclic) bond motifs is 1. The van der Waals surface area contributed by atoms with Gasteiger partial charge in [-0.05, 0) is 29.8 Å². The minimum atomic E-state index is -0.670. The molecule has 2 aromatic carbocycles. The summed E-state index contributed by atoms with van der Waals surface area (Å²) in [5.41, 5.74) is 1.15. The van der Waals surface area contributed by atoms with Gasteiger partial charge in [0.2, 0.25) is 0 Å². The highest BCUT2D eigenvalue weighted by Gasteiger charge is 2.14. The topological polar surface area (TPSA) is 100 Å². The number of phenols is 1. The van der Waals surface area contributed by atoms with E-state index in [1.165, 1.54) is 35.6 Å². The third-order valence-corrected chi connectivity index (χ3v) is 4.22. The Labute approximate surface area is 134 Å². The van der Waals surface area contributed by atoms with E-state index in [4.69, 9.17) is 0 Å². The van der Waals surface area contributed by atoms with Gasteiger partial charge < -0.3 is 5.11 Å². The van der Waals surface area contributed by atoms with Crippen LogP contribution in [0.5, 0.6) is 5.75 Å². The van der Waals surface area contributed by atoms with Gasteiger partial charge in [0.05, 0.1) is 20.7 Å². The van der Waals surface area contributed by atoms with Crippen molar-refractivity contribution in [2.75, 3.05) is 0 Å². The molecule has 3 rings (SSSR count). The van der Waals surface area contributed by atoms with E-state index < -0.39 is 16.4 Å². The summed E-state index contributed by atoms with van der Waals surface area (Å²) >= 11 is 1.38. The summed E-state index contributed by atoms with van der Waals surface area (Å²) in [7, 11) is 0. The van der Waals surface area contributed by atoms with Gasteiger partial charge in [-0.25, -0.2) is 4.98 Å². The molecule has 0 bridgehead atoms. The number of thiazole rings is 1. The van der Waals surface area contributed by atoms with Crippen LogP contribution in [0, 0.1) is 21.4 Å². The van der Waals surface area contributed by atoms with E-state index >= 15 is 0 Å². The van der Waals surface area contributed by atoms with E-state index in [1.54, 1.807) is 0 Å². The van der Waals surface area contributed by atoms with Gasteiger partial charge in [-0.3, -0.25) is 10.1 Å². The molecule has 7 heteroatoms. The van der Waals surface area contributed by atoms with E-state index in [0.29, 0.717) is 16.1 Å². The number of aromatic nitrogens is 1. The maximum absolute atomic E-state index is 10.9. The SMILES string of the molecule is N#C/C(=C\c1ccc(O)c([N+](=O)[O-])c1)c1nc2ccccc2s1. The van der Waals surface area contributed by atoms with Crippen LogP contribution in [0.15, 0.2) is 42.5 Å². The summed E-state index contributed by atoms with van der Waals surface area (Å²) in [4.78, 5) is 14.6. The lowest BCUT2D eigenvalue weighted by Crippen LogP contribution is -1.89. The number of benzene rings is 2. The highest BCUT2D eigenvalue weighted by atomic mass is 32.1. The number of aromatic hydroxyl groups is 1. The van der Waals surface area contributed by atoms with Crippen molar-refractivity contribution in [3.63, 3.8) is 0 Å². The molecule has 0 unspecified atom stereocenters. The maximum atomic E-state index is 10.9. The number of nitriles is 1. The van der Waals surface area contributed by atoms with Crippen molar-refractivity contribution < 1.29 is 10.0 Å². The Kier molecular flexibility index (Phi) is 3.75. The molecule has 0 spiro atoms. The van der Waals surface area contributed by atoms with Crippen LogP contribution in [0.25, 0.3) is 21.9 Å². The number of hydrogen-bond donors (Lipinski definition) is 1. The first-order valence-electron chi connectivity index (χ1n) is 6.53. The van der Waals surface area contributed by atoms with Crippen molar-refractivity contribution in [2.45, 2.75) is 0 Å². The summed E-state index contributed by atoms with van der Waals surface area (Å²) in [6, 6.07) is 13.6. The molecule has 0 saturated heterocycles. The molecule has 0 saturated carbocycles. The number of para-hydroxylation sites is 1. The summed E-state index contributed by atoms with van der Waals surface area (Å²) in [5.74, 6) is -0.411. The van der Waals surface area contributed by atoms with Crippen LogP contribution in [0.3, 0.4) is 0 Å². The maximum Gasteiger partial charge on any atom is 0.311 e. The second kappa shape index (κ2) is 5.87. The normalized spacial score (nSPS) is 11.3. The van der Waals surface area contributed by atoms with Crippen LogP contribution in [0.1, 0.15) is 10.6 Å². The lowest BCUT2D eigenvalue weighted by molar-refractivity contribution is -0.385. The van der Waals surface area contributed by atoms with Crippen LogP contribution >= 0.6 is 11.3 Å². The monoisotopic (exact) mass is 323 g/mol. The molecule has 1 heterocycles. The quantitative estimate of drug-likeness (QED) is 0.446. The Bertz CT molecular complexity index is 953. The van der Waals surface area contributed by atoms with E-state index in [0.717, 1.165) is 10.2 Å². The molecule has 6 nitrogen and oxygen atoms in total. The average Bonchev–Trinajstić information content (AvgIpc) is 2.97. The van der Waals surface area contributed by atoms with Crippen molar-refractivity contribution in [1.82, 2.24) is 4.98 Å². The number of nitro groups is 1. The minimum Gasteiger partial charge on any atom is -0.502 e. The fourth-order valence-electron chi connectivity index (χ4n) is 2.07. The molecule has 1 N–H and O–H groups in total. The summed E-state index contributed by atoms with van der Waals surface area (Å²) in [5, 5.41) is 30.2. The number of nitrogens with zero attached hydrogens (tertiary/aromatic N) is 3.